The second-order valence-electron chi connectivity index (χ2n) is 7.84. The molecule has 1 saturated heterocycles. The van der Waals surface area contributed by atoms with Crippen LogP contribution in [0.2, 0.25) is 0 Å². The fourth-order valence-electron chi connectivity index (χ4n) is 4.00. The molecule has 2 heterocycles. The molecular formula is C20H27N3O2. The first kappa shape index (κ1) is 16.6. The summed E-state index contributed by atoms with van der Waals surface area (Å²) in [6.07, 6.45) is 9.70. The van der Waals surface area contributed by atoms with Gasteiger partial charge in [-0.15, -0.1) is 0 Å². The highest BCUT2D eigenvalue weighted by Gasteiger charge is 2.42. The average molecular weight is 341 g/mol. The first-order chi connectivity index (χ1) is 12.1. The first-order valence-electron chi connectivity index (χ1n) is 9.66. The second kappa shape index (κ2) is 6.77. The van der Waals surface area contributed by atoms with Gasteiger partial charge >= 0.3 is 0 Å². The van der Waals surface area contributed by atoms with E-state index < -0.39 is 0 Å². The average Bonchev–Trinajstić information content (AvgIpc) is 3.55. The maximum Gasteiger partial charge on any atom is 0.228 e. The summed E-state index contributed by atoms with van der Waals surface area (Å²) >= 11 is 0. The lowest BCUT2D eigenvalue weighted by molar-refractivity contribution is -0.143. The molecule has 0 unspecified atom stereocenters. The monoisotopic (exact) mass is 341 g/mol. The van der Waals surface area contributed by atoms with Crippen LogP contribution in [0.25, 0.3) is 0 Å². The standard InChI is InChI=1S/C20H27N3O2/c1-14(16-4-2-10-21-12-16)23(18-8-9-18)20(25)17-5-3-11-22(13-17)19(24)15-6-7-15/h2,4,10,12,14-15,17-18H,3,5-9,11,13H2,1H3/t14-,17-/m0/s1. The van der Waals surface area contributed by atoms with Crippen LogP contribution in [0.4, 0.5) is 0 Å². The van der Waals surface area contributed by atoms with Crippen molar-refractivity contribution in [1.29, 1.82) is 0 Å². The van der Waals surface area contributed by atoms with Crippen LogP contribution in [-0.4, -0.2) is 45.7 Å². The van der Waals surface area contributed by atoms with E-state index >= 15 is 0 Å². The molecule has 0 aromatic carbocycles. The van der Waals surface area contributed by atoms with Crippen LogP contribution in [0, 0.1) is 11.8 Å². The Labute approximate surface area is 149 Å². The number of likely N-dealkylation sites (tertiary alicyclic amines) is 1. The van der Waals surface area contributed by atoms with Crippen LogP contribution < -0.4 is 0 Å². The number of carbonyl (C=O) groups is 2. The molecular weight excluding hydrogens is 314 g/mol. The molecule has 1 aromatic heterocycles. The Hall–Kier alpha value is -1.91. The number of hydrogen-bond donors (Lipinski definition) is 0. The summed E-state index contributed by atoms with van der Waals surface area (Å²) in [5.74, 6) is 0.696. The van der Waals surface area contributed by atoms with Crippen LogP contribution in [-0.2, 0) is 9.59 Å². The Morgan fingerprint density at radius 3 is 2.64 bits per heavy atom. The van der Waals surface area contributed by atoms with Crippen molar-refractivity contribution < 1.29 is 9.59 Å². The Balaban J connectivity index is 1.47. The highest BCUT2D eigenvalue weighted by molar-refractivity contribution is 5.84. The predicted octanol–water partition coefficient (Wildman–Crippen LogP) is 2.78. The van der Waals surface area contributed by atoms with Crippen molar-refractivity contribution in [3.63, 3.8) is 0 Å². The van der Waals surface area contributed by atoms with Gasteiger partial charge in [0, 0.05) is 37.4 Å². The number of carbonyl (C=O) groups excluding carboxylic acids is 2. The predicted molar refractivity (Wildman–Crippen MR) is 94.5 cm³/mol. The van der Waals surface area contributed by atoms with Crippen LogP contribution in [0.5, 0.6) is 0 Å². The van der Waals surface area contributed by atoms with Crippen molar-refractivity contribution in [3.8, 4) is 0 Å². The van der Waals surface area contributed by atoms with Crippen molar-refractivity contribution >= 4 is 11.8 Å². The van der Waals surface area contributed by atoms with E-state index in [1.165, 1.54) is 0 Å². The normalized spacial score (nSPS) is 24.7. The fraction of sp³-hybridized carbons (Fsp3) is 0.650. The van der Waals surface area contributed by atoms with E-state index in [2.05, 4.69) is 16.8 Å². The third kappa shape index (κ3) is 3.55. The number of nitrogens with zero attached hydrogens (tertiary/aromatic N) is 3. The smallest absolute Gasteiger partial charge is 0.228 e. The minimum Gasteiger partial charge on any atom is -0.342 e. The molecule has 134 valence electrons. The number of piperidine rings is 1. The van der Waals surface area contributed by atoms with Gasteiger partial charge in [-0.05, 0) is 57.1 Å². The molecule has 0 spiro atoms. The lowest BCUT2D eigenvalue weighted by Gasteiger charge is -2.37. The summed E-state index contributed by atoms with van der Waals surface area (Å²) in [5, 5.41) is 0. The summed E-state index contributed by atoms with van der Waals surface area (Å²) in [6, 6.07) is 4.38. The number of pyridine rings is 1. The fourth-order valence-corrected chi connectivity index (χ4v) is 4.00. The first-order valence-corrected chi connectivity index (χ1v) is 9.66. The quantitative estimate of drug-likeness (QED) is 0.827. The molecule has 2 atom stereocenters. The molecule has 1 aromatic rings. The summed E-state index contributed by atoms with van der Waals surface area (Å²) in [6.45, 7) is 3.53. The van der Waals surface area contributed by atoms with E-state index in [0.29, 0.717) is 12.6 Å². The van der Waals surface area contributed by atoms with E-state index in [1.807, 2.05) is 23.2 Å². The molecule has 3 fully saturated rings. The summed E-state index contributed by atoms with van der Waals surface area (Å²) in [4.78, 5) is 33.9. The van der Waals surface area contributed by atoms with Crippen molar-refractivity contribution in [3.05, 3.63) is 30.1 Å². The van der Waals surface area contributed by atoms with Crippen molar-refractivity contribution in [2.75, 3.05) is 13.1 Å². The third-order valence-corrected chi connectivity index (χ3v) is 5.79. The Kier molecular flexibility index (Phi) is 4.48. The molecule has 0 bridgehead atoms. The minimum atomic E-state index is -0.0452. The lowest BCUT2D eigenvalue weighted by atomic mass is 9.94. The summed E-state index contributed by atoms with van der Waals surface area (Å²) in [7, 11) is 0. The molecule has 3 aliphatic rings. The van der Waals surface area contributed by atoms with Crippen LogP contribution in [0.15, 0.2) is 24.5 Å². The Bertz CT molecular complexity index is 640. The Morgan fingerprint density at radius 2 is 2.00 bits per heavy atom. The van der Waals surface area contributed by atoms with Gasteiger partial charge in [-0.3, -0.25) is 14.6 Å². The van der Waals surface area contributed by atoms with Crippen molar-refractivity contribution in [1.82, 2.24) is 14.8 Å². The van der Waals surface area contributed by atoms with E-state index in [-0.39, 0.29) is 29.7 Å². The maximum absolute atomic E-state index is 13.3. The summed E-state index contributed by atoms with van der Waals surface area (Å²) in [5.41, 5.74) is 1.09. The van der Waals surface area contributed by atoms with E-state index in [0.717, 1.165) is 50.6 Å². The van der Waals surface area contributed by atoms with Crippen molar-refractivity contribution in [2.24, 2.45) is 11.8 Å². The molecule has 2 saturated carbocycles. The molecule has 2 amide bonds. The van der Waals surface area contributed by atoms with Crippen LogP contribution >= 0.6 is 0 Å². The number of aromatic nitrogens is 1. The van der Waals surface area contributed by atoms with Gasteiger partial charge in [-0.25, -0.2) is 0 Å². The van der Waals surface area contributed by atoms with E-state index in [4.69, 9.17) is 0 Å². The molecule has 2 aliphatic carbocycles. The van der Waals surface area contributed by atoms with Gasteiger partial charge in [-0.1, -0.05) is 6.07 Å². The van der Waals surface area contributed by atoms with Crippen LogP contribution in [0.1, 0.15) is 57.1 Å². The zero-order valence-electron chi connectivity index (χ0n) is 14.9. The minimum absolute atomic E-state index is 0.0446. The van der Waals surface area contributed by atoms with Gasteiger partial charge in [0.05, 0.1) is 12.0 Å². The van der Waals surface area contributed by atoms with Gasteiger partial charge in [0.2, 0.25) is 11.8 Å². The van der Waals surface area contributed by atoms with E-state index in [1.54, 1.807) is 6.20 Å². The molecule has 0 radical (unpaired) electrons. The number of rotatable bonds is 5. The van der Waals surface area contributed by atoms with Gasteiger partial charge in [-0.2, -0.15) is 0 Å². The summed E-state index contributed by atoms with van der Waals surface area (Å²) < 4.78 is 0. The highest BCUT2D eigenvalue weighted by atomic mass is 16.2. The highest BCUT2D eigenvalue weighted by Crippen LogP contribution is 2.37. The molecule has 5 nitrogen and oxygen atoms in total. The maximum atomic E-state index is 13.3. The SMILES string of the molecule is C[C@@H](c1cccnc1)N(C(=O)[C@H]1CCCN(C(=O)C2CC2)C1)C1CC1. The van der Waals surface area contributed by atoms with Gasteiger partial charge in [0.15, 0.2) is 0 Å². The van der Waals surface area contributed by atoms with Crippen LogP contribution in [0.3, 0.4) is 0 Å². The lowest BCUT2D eigenvalue weighted by Crippen LogP contribution is -2.48. The molecule has 0 N–H and O–H groups in total. The zero-order valence-corrected chi connectivity index (χ0v) is 14.9. The molecule has 4 rings (SSSR count). The number of amides is 2. The molecule has 5 heteroatoms. The number of hydrogen-bond acceptors (Lipinski definition) is 3. The van der Waals surface area contributed by atoms with Gasteiger partial charge < -0.3 is 9.80 Å². The van der Waals surface area contributed by atoms with Crippen molar-refractivity contribution in [2.45, 2.75) is 57.5 Å². The zero-order chi connectivity index (χ0) is 17.4. The topological polar surface area (TPSA) is 53.5 Å². The van der Waals surface area contributed by atoms with Gasteiger partial charge in [0.1, 0.15) is 0 Å². The third-order valence-electron chi connectivity index (χ3n) is 5.79. The van der Waals surface area contributed by atoms with E-state index in [9.17, 15) is 9.59 Å². The Morgan fingerprint density at radius 1 is 1.20 bits per heavy atom. The molecule has 1 aliphatic heterocycles. The second-order valence-corrected chi connectivity index (χ2v) is 7.84. The van der Waals surface area contributed by atoms with Gasteiger partial charge in [0.25, 0.3) is 0 Å². The molecule has 25 heavy (non-hydrogen) atoms. The largest absolute Gasteiger partial charge is 0.342 e.